The Morgan fingerprint density at radius 1 is 1.09 bits per heavy atom. The van der Waals surface area contributed by atoms with E-state index in [0.717, 1.165) is 37.4 Å². The van der Waals surface area contributed by atoms with Crippen molar-refractivity contribution in [2.45, 2.75) is 25.3 Å². The lowest BCUT2D eigenvalue weighted by atomic mass is 10.0. The van der Waals surface area contributed by atoms with Crippen molar-refractivity contribution in [2.24, 2.45) is 0 Å². The first-order valence-electron chi connectivity index (χ1n) is 11.4. The number of amides is 2. The van der Waals surface area contributed by atoms with E-state index in [4.69, 9.17) is 16.3 Å². The Hall–Kier alpha value is -2.83. The molecule has 0 bridgehead atoms. The van der Waals surface area contributed by atoms with Crippen molar-refractivity contribution < 1.29 is 14.3 Å². The largest absolute Gasteiger partial charge is 0.445 e. The number of ether oxygens (including phenoxy) is 1. The van der Waals surface area contributed by atoms with Crippen LogP contribution in [0.5, 0.6) is 0 Å². The molecule has 2 aromatic carbocycles. The predicted molar refractivity (Wildman–Crippen MR) is 132 cm³/mol. The van der Waals surface area contributed by atoms with Gasteiger partial charge in [0, 0.05) is 49.4 Å². The second kappa shape index (κ2) is 13.0. The maximum absolute atomic E-state index is 12.4. The van der Waals surface area contributed by atoms with Crippen LogP contribution >= 0.6 is 11.6 Å². The molecular weight excluding hydrogens is 438 g/mol. The molecule has 6 nitrogen and oxygen atoms in total. The van der Waals surface area contributed by atoms with Crippen LogP contribution in [0.15, 0.2) is 67.3 Å². The maximum Gasteiger partial charge on any atom is 0.410 e. The highest BCUT2D eigenvalue weighted by molar-refractivity contribution is 6.30. The van der Waals surface area contributed by atoms with Gasteiger partial charge in [-0.1, -0.05) is 54.6 Å². The zero-order valence-electron chi connectivity index (χ0n) is 18.9. The van der Waals surface area contributed by atoms with Gasteiger partial charge in [-0.15, -0.1) is 0 Å². The third kappa shape index (κ3) is 7.91. The molecule has 1 N–H and O–H groups in total. The van der Waals surface area contributed by atoms with Crippen molar-refractivity contribution in [1.82, 2.24) is 15.1 Å². The summed E-state index contributed by atoms with van der Waals surface area (Å²) >= 11 is 6.02. The number of nitrogens with zero attached hydrogens (tertiary/aromatic N) is 2. The van der Waals surface area contributed by atoms with E-state index in [1.807, 2.05) is 42.5 Å². The molecule has 3 rings (SSSR count). The van der Waals surface area contributed by atoms with Gasteiger partial charge in [-0.25, -0.2) is 4.79 Å². The summed E-state index contributed by atoms with van der Waals surface area (Å²) in [5.74, 6) is -0.0620. The van der Waals surface area contributed by atoms with Crippen LogP contribution in [0, 0.1) is 0 Å². The number of nitrogens with one attached hydrogen (secondary N) is 1. The highest BCUT2D eigenvalue weighted by Gasteiger charge is 2.27. The molecule has 1 saturated heterocycles. The van der Waals surface area contributed by atoms with Gasteiger partial charge < -0.3 is 15.0 Å². The zero-order valence-corrected chi connectivity index (χ0v) is 19.7. The molecule has 0 atom stereocenters. The summed E-state index contributed by atoms with van der Waals surface area (Å²) in [7, 11) is 0. The van der Waals surface area contributed by atoms with Crippen molar-refractivity contribution in [3.63, 3.8) is 0 Å². The van der Waals surface area contributed by atoms with E-state index in [9.17, 15) is 9.59 Å². The Morgan fingerprint density at radius 2 is 1.79 bits per heavy atom. The molecule has 176 valence electrons. The average molecular weight is 470 g/mol. The number of piperidine rings is 1. The molecule has 0 radical (unpaired) electrons. The fourth-order valence-corrected chi connectivity index (χ4v) is 4.17. The number of halogens is 1. The molecule has 0 unspecified atom stereocenters. The monoisotopic (exact) mass is 469 g/mol. The van der Waals surface area contributed by atoms with Crippen molar-refractivity contribution in [3.05, 3.63) is 83.4 Å². The van der Waals surface area contributed by atoms with E-state index >= 15 is 0 Å². The normalized spacial score (nSPS) is 14.2. The highest BCUT2D eigenvalue weighted by atomic mass is 35.5. The van der Waals surface area contributed by atoms with Crippen molar-refractivity contribution >= 4 is 23.6 Å². The quantitative estimate of drug-likeness (QED) is 0.524. The van der Waals surface area contributed by atoms with Gasteiger partial charge in [0.05, 0.1) is 0 Å². The van der Waals surface area contributed by atoms with Gasteiger partial charge in [0.15, 0.2) is 0 Å². The summed E-state index contributed by atoms with van der Waals surface area (Å²) in [4.78, 5) is 28.7. The van der Waals surface area contributed by atoms with E-state index in [2.05, 4.69) is 28.9 Å². The van der Waals surface area contributed by atoms with Gasteiger partial charge in [-0.3, -0.25) is 9.69 Å². The minimum atomic E-state index is -0.281. The lowest BCUT2D eigenvalue weighted by Crippen LogP contribution is -2.49. The van der Waals surface area contributed by atoms with E-state index in [1.54, 1.807) is 11.0 Å². The van der Waals surface area contributed by atoms with Gasteiger partial charge >= 0.3 is 6.09 Å². The lowest BCUT2D eigenvalue weighted by Gasteiger charge is -2.38. The molecule has 2 amide bonds. The second-order valence-corrected chi connectivity index (χ2v) is 8.55. The maximum atomic E-state index is 12.4. The molecule has 1 fully saturated rings. The molecule has 1 heterocycles. The van der Waals surface area contributed by atoms with Crippen LogP contribution in [0.3, 0.4) is 0 Å². The van der Waals surface area contributed by atoms with Crippen LogP contribution < -0.4 is 5.32 Å². The topological polar surface area (TPSA) is 61.9 Å². The van der Waals surface area contributed by atoms with Gasteiger partial charge in [0.2, 0.25) is 0 Å². The van der Waals surface area contributed by atoms with Crippen LogP contribution in [0.1, 0.15) is 28.8 Å². The number of rotatable bonds is 10. The van der Waals surface area contributed by atoms with Crippen molar-refractivity contribution in [2.75, 3.05) is 39.3 Å². The minimum absolute atomic E-state index is 0.0620. The van der Waals surface area contributed by atoms with Gasteiger partial charge in [0.1, 0.15) is 6.61 Å². The first-order chi connectivity index (χ1) is 16.1. The van der Waals surface area contributed by atoms with E-state index in [1.165, 1.54) is 5.56 Å². The zero-order chi connectivity index (χ0) is 23.5. The molecule has 1 aliphatic heterocycles. The number of likely N-dealkylation sites (tertiary alicyclic amines) is 1. The third-order valence-corrected chi connectivity index (χ3v) is 6.14. The number of hydrogen-bond donors (Lipinski definition) is 1. The Bertz CT molecular complexity index is 897. The summed E-state index contributed by atoms with van der Waals surface area (Å²) in [6.45, 7) is 7.32. The van der Waals surface area contributed by atoms with Crippen LogP contribution in [-0.4, -0.2) is 67.2 Å². The van der Waals surface area contributed by atoms with Gasteiger partial charge in [-0.2, -0.15) is 0 Å². The third-order valence-electron chi connectivity index (χ3n) is 5.89. The molecule has 0 saturated carbocycles. The van der Waals surface area contributed by atoms with Crippen molar-refractivity contribution in [3.8, 4) is 0 Å². The van der Waals surface area contributed by atoms with E-state index < -0.39 is 0 Å². The molecular formula is C26H32ClN3O3. The molecule has 0 aliphatic carbocycles. The number of benzene rings is 2. The van der Waals surface area contributed by atoms with E-state index in [0.29, 0.717) is 31.2 Å². The summed E-state index contributed by atoms with van der Waals surface area (Å²) in [6, 6.07) is 17.5. The SMILES string of the molecule is C=CCOC(=O)N1CCC(N(CCNC(=O)c2ccccc2)CCc2ccc(Cl)cc2)CC1. The van der Waals surface area contributed by atoms with Crippen LogP contribution in [0.4, 0.5) is 4.79 Å². The van der Waals surface area contributed by atoms with Crippen LogP contribution in [-0.2, 0) is 11.2 Å². The average Bonchev–Trinajstić information content (AvgIpc) is 2.86. The fraction of sp³-hybridized carbons (Fsp3) is 0.385. The van der Waals surface area contributed by atoms with Crippen molar-refractivity contribution in [1.29, 1.82) is 0 Å². The van der Waals surface area contributed by atoms with Crippen LogP contribution in [0.2, 0.25) is 5.02 Å². The van der Waals surface area contributed by atoms with E-state index in [-0.39, 0.29) is 18.6 Å². The summed E-state index contributed by atoms with van der Waals surface area (Å²) in [5, 5.41) is 3.76. The molecule has 0 spiro atoms. The smallest absolute Gasteiger partial charge is 0.410 e. The Morgan fingerprint density at radius 3 is 2.45 bits per heavy atom. The summed E-state index contributed by atoms with van der Waals surface area (Å²) in [6.07, 6.45) is 3.93. The highest BCUT2D eigenvalue weighted by Crippen LogP contribution is 2.18. The summed E-state index contributed by atoms with van der Waals surface area (Å²) in [5.41, 5.74) is 1.89. The molecule has 33 heavy (non-hydrogen) atoms. The predicted octanol–water partition coefficient (Wildman–Crippen LogP) is 4.40. The Kier molecular flexibility index (Phi) is 9.78. The van der Waals surface area contributed by atoms with Gasteiger partial charge in [-0.05, 0) is 49.1 Å². The first-order valence-corrected chi connectivity index (χ1v) is 11.8. The lowest BCUT2D eigenvalue weighted by molar-refractivity contribution is 0.0766. The number of carbonyl (C=O) groups is 2. The first kappa shape index (κ1) is 24.8. The molecule has 7 heteroatoms. The fourth-order valence-electron chi connectivity index (χ4n) is 4.04. The number of hydrogen-bond acceptors (Lipinski definition) is 4. The minimum Gasteiger partial charge on any atom is -0.445 e. The Balaban J connectivity index is 1.55. The molecule has 1 aliphatic rings. The van der Waals surface area contributed by atoms with Crippen LogP contribution in [0.25, 0.3) is 0 Å². The molecule has 0 aromatic heterocycles. The summed E-state index contributed by atoms with van der Waals surface area (Å²) < 4.78 is 5.17. The Labute approximate surface area is 201 Å². The second-order valence-electron chi connectivity index (χ2n) is 8.12. The number of carbonyl (C=O) groups excluding carboxylic acids is 2. The van der Waals surface area contributed by atoms with Gasteiger partial charge in [0.25, 0.3) is 5.91 Å². The molecule has 2 aromatic rings. The standard InChI is InChI=1S/C26H32ClN3O3/c1-2-20-33-26(32)30-17-13-24(14-18-30)29(16-12-21-8-10-23(27)11-9-21)19-15-28-25(31)22-6-4-3-5-7-22/h2-11,24H,1,12-20H2,(H,28,31).